The molecule has 0 saturated heterocycles. The molecule has 1 aromatic rings. The van der Waals surface area contributed by atoms with Gasteiger partial charge in [-0.2, -0.15) is 0 Å². The lowest BCUT2D eigenvalue weighted by Crippen LogP contribution is -1.91. The number of benzene rings is 1. The van der Waals surface area contributed by atoms with Crippen molar-refractivity contribution in [1.82, 2.24) is 0 Å². The smallest absolute Gasteiger partial charge is 0.134 e. The summed E-state index contributed by atoms with van der Waals surface area (Å²) < 4.78 is 0. The summed E-state index contributed by atoms with van der Waals surface area (Å²) >= 11 is 5.62. The van der Waals surface area contributed by atoms with E-state index < -0.39 is 0 Å². The molecule has 0 unspecified atom stereocenters. The Morgan fingerprint density at radius 2 is 2.25 bits per heavy atom. The van der Waals surface area contributed by atoms with E-state index in [1.54, 1.807) is 12.1 Å². The normalized spacial score (nSPS) is 10.8. The summed E-state index contributed by atoms with van der Waals surface area (Å²) in [7, 11) is 0. The second-order valence-corrected chi connectivity index (χ2v) is 2.76. The molecule has 0 bridgehead atoms. The first-order valence-electron chi connectivity index (χ1n) is 3.59. The van der Waals surface area contributed by atoms with E-state index in [9.17, 15) is 5.11 Å². The Kier molecular flexibility index (Phi) is 3.14. The van der Waals surface area contributed by atoms with Gasteiger partial charge in [0.05, 0.1) is 5.02 Å². The summed E-state index contributed by atoms with van der Waals surface area (Å²) in [5, 5.41) is 9.56. The van der Waals surface area contributed by atoms with Gasteiger partial charge in [0.2, 0.25) is 0 Å². The summed E-state index contributed by atoms with van der Waals surface area (Å²) in [4.78, 5) is 0. The van der Waals surface area contributed by atoms with Crippen LogP contribution in [0.2, 0.25) is 5.02 Å². The molecule has 0 spiro atoms. The molecule has 0 saturated carbocycles. The molecule has 3 heteroatoms. The second-order valence-electron chi connectivity index (χ2n) is 2.35. The third kappa shape index (κ3) is 2.26. The molecule has 12 heavy (non-hydrogen) atoms. The predicted octanol–water partition coefficient (Wildman–Crippen LogP) is 2.02. The summed E-state index contributed by atoms with van der Waals surface area (Å²) in [5.41, 5.74) is 6.16. The lowest BCUT2D eigenvalue weighted by molar-refractivity contribution is 0.475. The van der Waals surface area contributed by atoms with Gasteiger partial charge in [0.15, 0.2) is 0 Å². The Bertz CT molecular complexity index is 297. The zero-order chi connectivity index (χ0) is 8.97. The van der Waals surface area contributed by atoms with Crippen molar-refractivity contribution < 1.29 is 5.11 Å². The second kappa shape index (κ2) is 4.14. The van der Waals surface area contributed by atoms with E-state index in [1.807, 2.05) is 18.2 Å². The Hall–Kier alpha value is -0.990. The average Bonchev–Trinajstić information content (AvgIpc) is 2.07. The topological polar surface area (TPSA) is 46.2 Å². The van der Waals surface area contributed by atoms with Crippen LogP contribution in [-0.4, -0.2) is 11.7 Å². The van der Waals surface area contributed by atoms with E-state index in [0.29, 0.717) is 11.6 Å². The molecule has 0 radical (unpaired) electrons. The van der Waals surface area contributed by atoms with Crippen LogP contribution in [-0.2, 0) is 0 Å². The first-order chi connectivity index (χ1) is 5.74. The number of nitrogens with two attached hydrogens (primary N) is 1. The van der Waals surface area contributed by atoms with Gasteiger partial charge >= 0.3 is 0 Å². The Morgan fingerprint density at radius 3 is 2.83 bits per heavy atom. The Labute approximate surface area is 76.3 Å². The minimum Gasteiger partial charge on any atom is -0.506 e. The molecule has 0 aliphatic rings. The van der Waals surface area contributed by atoms with Crippen molar-refractivity contribution in [2.75, 3.05) is 6.54 Å². The fraction of sp³-hybridized carbons (Fsp3) is 0.111. The maximum absolute atomic E-state index is 9.20. The van der Waals surface area contributed by atoms with Gasteiger partial charge in [-0.15, -0.1) is 0 Å². The zero-order valence-electron chi connectivity index (χ0n) is 6.50. The molecule has 64 valence electrons. The van der Waals surface area contributed by atoms with E-state index in [0.717, 1.165) is 5.56 Å². The molecule has 0 atom stereocenters. The number of phenolic OH excluding ortho intramolecular Hbond substituents is 1. The highest BCUT2D eigenvalue weighted by atomic mass is 35.5. The van der Waals surface area contributed by atoms with Gasteiger partial charge in [0.25, 0.3) is 0 Å². The summed E-state index contributed by atoms with van der Waals surface area (Å²) in [6, 6.07) is 5.05. The van der Waals surface area contributed by atoms with Gasteiger partial charge in [-0.3, -0.25) is 0 Å². The van der Waals surface area contributed by atoms with Gasteiger partial charge in [0.1, 0.15) is 5.75 Å². The third-order valence-corrected chi connectivity index (χ3v) is 1.74. The van der Waals surface area contributed by atoms with Crippen molar-refractivity contribution in [3.8, 4) is 5.75 Å². The fourth-order valence-electron chi connectivity index (χ4n) is 0.837. The van der Waals surface area contributed by atoms with E-state index in [2.05, 4.69) is 0 Å². The monoisotopic (exact) mass is 183 g/mol. The molecule has 0 aromatic heterocycles. The van der Waals surface area contributed by atoms with Crippen molar-refractivity contribution in [2.24, 2.45) is 5.73 Å². The summed E-state index contributed by atoms with van der Waals surface area (Å²) in [6.07, 6.45) is 3.64. The van der Waals surface area contributed by atoms with Crippen molar-refractivity contribution >= 4 is 17.7 Å². The molecule has 0 fully saturated rings. The van der Waals surface area contributed by atoms with Gasteiger partial charge in [-0.25, -0.2) is 0 Å². The van der Waals surface area contributed by atoms with Gasteiger partial charge < -0.3 is 10.8 Å². The lowest BCUT2D eigenvalue weighted by Gasteiger charge is -1.97. The molecule has 0 amide bonds. The van der Waals surface area contributed by atoms with E-state index in [1.165, 1.54) is 0 Å². The molecule has 1 aromatic carbocycles. The van der Waals surface area contributed by atoms with Crippen LogP contribution in [0.15, 0.2) is 24.3 Å². The molecule has 3 N–H and O–H groups in total. The fourth-order valence-corrected chi connectivity index (χ4v) is 0.955. The largest absolute Gasteiger partial charge is 0.506 e. The molecule has 2 nitrogen and oxygen atoms in total. The van der Waals surface area contributed by atoms with Crippen LogP contribution in [0.5, 0.6) is 5.75 Å². The predicted molar refractivity (Wildman–Crippen MR) is 51.2 cm³/mol. The van der Waals surface area contributed by atoms with Crippen LogP contribution < -0.4 is 5.73 Å². The van der Waals surface area contributed by atoms with Crippen LogP contribution in [0.1, 0.15) is 5.56 Å². The average molecular weight is 184 g/mol. The van der Waals surface area contributed by atoms with Gasteiger partial charge in [-0.1, -0.05) is 29.8 Å². The number of rotatable bonds is 2. The number of hydrogen-bond acceptors (Lipinski definition) is 2. The molecule has 0 aliphatic carbocycles. The van der Waals surface area contributed by atoms with E-state index in [-0.39, 0.29) is 5.75 Å². The number of hydrogen-bond donors (Lipinski definition) is 2. The SMILES string of the molecule is NCC=Cc1ccc(Cl)c(O)c1. The highest BCUT2D eigenvalue weighted by Crippen LogP contribution is 2.23. The maximum Gasteiger partial charge on any atom is 0.134 e. The van der Waals surface area contributed by atoms with Gasteiger partial charge in [-0.05, 0) is 17.7 Å². The van der Waals surface area contributed by atoms with Crippen LogP contribution in [0.3, 0.4) is 0 Å². The lowest BCUT2D eigenvalue weighted by atomic mass is 10.2. The molecule has 0 aliphatic heterocycles. The maximum atomic E-state index is 9.20. The van der Waals surface area contributed by atoms with Crippen LogP contribution in [0.25, 0.3) is 6.08 Å². The minimum absolute atomic E-state index is 0.0934. The zero-order valence-corrected chi connectivity index (χ0v) is 7.25. The highest BCUT2D eigenvalue weighted by Gasteiger charge is 1.96. The molecule has 0 heterocycles. The first-order valence-corrected chi connectivity index (χ1v) is 3.97. The van der Waals surface area contributed by atoms with Gasteiger partial charge in [0, 0.05) is 6.54 Å². The number of aromatic hydroxyl groups is 1. The standard InChI is InChI=1S/C9H10ClNO/c10-8-4-3-7(2-1-5-11)6-9(8)12/h1-4,6,12H,5,11H2. The minimum atomic E-state index is 0.0934. The number of halogens is 1. The third-order valence-electron chi connectivity index (χ3n) is 1.42. The van der Waals surface area contributed by atoms with Crippen molar-refractivity contribution in [3.63, 3.8) is 0 Å². The van der Waals surface area contributed by atoms with E-state index >= 15 is 0 Å². The summed E-state index contributed by atoms with van der Waals surface area (Å²) in [6.45, 7) is 0.489. The quantitative estimate of drug-likeness (QED) is 0.737. The van der Waals surface area contributed by atoms with Crippen LogP contribution in [0.4, 0.5) is 0 Å². The summed E-state index contributed by atoms with van der Waals surface area (Å²) in [5.74, 6) is 0.0934. The molecule has 1 rings (SSSR count). The van der Waals surface area contributed by atoms with Crippen molar-refractivity contribution in [3.05, 3.63) is 34.9 Å². The Balaban J connectivity index is 2.89. The van der Waals surface area contributed by atoms with Crippen LogP contribution >= 0.6 is 11.6 Å². The van der Waals surface area contributed by atoms with Crippen molar-refractivity contribution in [2.45, 2.75) is 0 Å². The van der Waals surface area contributed by atoms with E-state index in [4.69, 9.17) is 17.3 Å². The molecular formula is C9H10ClNO. The van der Waals surface area contributed by atoms with Crippen molar-refractivity contribution in [1.29, 1.82) is 0 Å². The molecular weight excluding hydrogens is 174 g/mol. The Morgan fingerprint density at radius 1 is 1.50 bits per heavy atom. The first kappa shape index (κ1) is 9.10. The van der Waals surface area contributed by atoms with Crippen LogP contribution in [0, 0.1) is 0 Å². The number of phenols is 1. The highest BCUT2D eigenvalue weighted by molar-refractivity contribution is 6.32.